The standard InChI is InChI=1S/C15H18F3N3/c1-21(13-4-2-3-10(13)8-19)14-6-5-12(15(16,17)18)7-11(14)9-20/h5-7,10,13H,2-4,8,19H2,1H3. The van der Waals surface area contributed by atoms with Crippen molar-refractivity contribution in [3.05, 3.63) is 29.3 Å². The van der Waals surface area contributed by atoms with Crippen LogP contribution in [0.4, 0.5) is 18.9 Å². The Bertz CT molecular complexity index is 548. The fourth-order valence-electron chi connectivity index (χ4n) is 3.09. The van der Waals surface area contributed by atoms with Crippen LogP contribution in [0, 0.1) is 17.2 Å². The molecule has 1 fully saturated rings. The van der Waals surface area contributed by atoms with E-state index >= 15 is 0 Å². The lowest BCUT2D eigenvalue weighted by Gasteiger charge is -2.32. The number of nitrogens with zero attached hydrogens (tertiary/aromatic N) is 2. The molecule has 0 saturated heterocycles. The van der Waals surface area contributed by atoms with Crippen LogP contribution in [-0.4, -0.2) is 19.6 Å². The minimum Gasteiger partial charge on any atom is -0.370 e. The molecule has 0 spiro atoms. The van der Waals surface area contributed by atoms with E-state index < -0.39 is 11.7 Å². The van der Waals surface area contributed by atoms with Gasteiger partial charge in [0, 0.05) is 13.1 Å². The van der Waals surface area contributed by atoms with Gasteiger partial charge in [0.05, 0.1) is 16.8 Å². The van der Waals surface area contributed by atoms with Crippen LogP contribution in [-0.2, 0) is 6.18 Å². The molecule has 0 aliphatic heterocycles. The molecule has 6 heteroatoms. The summed E-state index contributed by atoms with van der Waals surface area (Å²) in [6, 6.07) is 5.38. The third-order valence-electron chi connectivity index (χ3n) is 4.24. The van der Waals surface area contributed by atoms with Gasteiger partial charge in [0.15, 0.2) is 0 Å². The molecule has 1 aliphatic carbocycles. The molecule has 0 bridgehead atoms. The van der Waals surface area contributed by atoms with Crippen LogP contribution in [0.1, 0.15) is 30.4 Å². The molecule has 114 valence electrons. The molecule has 0 heterocycles. The molecule has 1 aromatic rings. The lowest BCUT2D eigenvalue weighted by atomic mass is 10.0. The molecule has 3 nitrogen and oxygen atoms in total. The summed E-state index contributed by atoms with van der Waals surface area (Å²) in [6.07, 6.45) is -1.41. The van der Waals surface area contributed by atoms with Crippen molar-refractivity contribution in [2.75, 3.05) is 18.5 Å². The highest BCUT2D eigenvalue weighted by atomic mass is 19.4. The van der Waals surface area contributed by atoms with Gasteiger partial charge in [0.2, 0.25) is 0 Å². The summed E-state index contributed by atoms with van der Waals surface area (Å²) in [5.74, 6) is 0.323. The van der Waals surface area contributed by atoms with Crippen LogP contribution in [0.15, 0.2) is 18.2 Å². The van der Waals surface area contributed by atoms with E-state index in [0.717, 1.165) is 31.4 Å². The lowest BCUT2D eigenvalue weighted by Crippen LogP contribution is -2.38. The molecule has 2 unspecified atom stereocenters. The average Bonchev–Trinajstić information content (AvgIpc) is 2.93. The van der Waals surface area contributed by atoms with Crippen LogP contribution in [0.2, 0.25) is 0 Å². The van der Waals surface area contributed by atoms with Gasteiger partial charge in [0.1, 0.15) is 6.07 Å². The van der Waals surface area contributed by atoms with Crippen molar-refractivity contribution >= 4 is 5.69 Å². The molecule has 0 radical (unpaired) electrons. The van der Waals surface area contributed by atoms with E-state index in [9.17, 15) is 13.2 Å². The Morgan fingerprint density at radius 3 is 2.67 bits per heavy atom. The molecule has 21 heavy (non-hydrogen) atoms. The van der Waals surface area contributed by atoms with Crippen LogP contribution in [0.25, 0.3) is 0 Å². The van der Waals surface area contributed by atoms with Crippen molar-refractivity contribution in [3.63, 3.8) is 0 Å². The summed E-state index contributed by atoms with van der Waals surface area (Å²) in [5, 5.41) is 9.15. The van der Waals surface area contributed by atoms with Gasteiger partial charge >= 0.3 is 6.18 Å². The maximum absolute atomic E-state index is 12.7. The molecule has 1 aliphatic rings. The summed E-state index contributed by atoms with van der Waals surface area (Å²) < 4.78 is 38.1. The smallest absolute Gasteiger partial charge is 0.370 e. The van der Waals surface area contributed by atoms with Gasteiger partial charge in [-0.2, -0.15) is 18.4 Å². The number of rotatable bonds is 3. The van der Waals surface area contributed by atoms with E-state index in [4.69, 9.17) is 11.0 Å². The molecule has 2 rings (SSSR count). The second-order valence-corrected chi connectivity index (χ2v) is 5.45. The quantitative estimate of drug-likeness (QED) is 0.932. The maximum atomic E-state index is 12.7. The normalized spacial score (nSPS) is 22.1. The number of benzene rings is 1. The molecule has 2 atom stereocenters. The Labute approximate surface area is 122 Å². The van der Waals surface area contributed by atoms with Gasteiger partial charge in [-0.05, 0) is 43.5 Å². The molecule has 0 amide bonds. The molecular formula is C15H18F3N3. The highest BCUT2D eigenvalue weighted by Crippen LogP contribution is 2.36. The zero-order valence-corrected chi connectivity index (χ0v) is 11.8. The fraction of sp³-hybridized carbons (Fsp3) is 0.533. The SMILES string of the molecule is CN(c1ccc(C(F)(F)F)cc1C#N)C1CCCC1CN. The largest absolute Gasteiger partial charge is 0.416 e. The second kappa shape index (κ2) is 5.94. The maximum Gasteiger partial charge on any atom is 0.416 e. The lowest BCUT2D eigenvalue weighted by molar-refractivity contribution is -0.137. The first kappa shape index (κ1) is 15.6. The topological polar surface area (TPSA) is 53.0 Å². The summed E-state index contributed by atoms with van der Waals surface area (Å²) in [6.45, 7) is 0.553. The Balaban J connectivity index is 2.33. The number of halogens is 3. The zero-order chi connectivity index (χ0) is 15.6. The van der Waals surface area contributed by atoms with E-state index in [1.807, 2.05) is 18.0 Å². The molecule has 1 aromatic carbocycles. The molecule has 1 saturated carbocycles. The number of nitrogens with two attached hydrogens (primary N) is 1. The van der Waals surface area contributed by atoms with Crippen LogP contribution >= 0.6 is 0 Å². The first-order valence-electron chi connectivity index (χ1n) is 6.92. The third-order valence-corrected chi connectivity index (χ3v) is 4.24. The highest BCUT2D eigenvalue weighted by molar-refractivity contribution is 5.61. The van der Waals surface area contributed by atoms with E-state index in [-0.39, 0.29) is 11.6 Å². The van der Waals surface area contributed by atoms with Crippen molar-refractivity contribution in [1.82, 2.24) is 0 Å². The molecule has 0 aromatic heterocycles. The summed E-state index contributed by atoms with van der Waals surface area (Å²) in [5.41, 5.74) is 5.55. The second-order valence-electron chi connectivity index (χ2n) is 5.45. The van der Waals surface area contributed by atoms with Crippen LogP contribution in [0.3, 0.4) is 0 Å². The highest BCUT2D eigenvalue weighted by Gasteiger charge is 2.33. The summed E-state index contributed by atoms with van der Waals surface area (Å²) >= 11 is 0. The van der Waals surface area contributed by atoms with E-state index in [1.54, 1.807) is 0 Å². The minimum atomic E-state index is -4.43. The van der Waals surface area contributed by atoms with Crippen molar-refractivity contribution in [1.29, 1.82) is 5.26 Å². The Morgan fingerprint density at radius 1 is 1.38 bits per heavy atom. The van der Waals surface area contributed by atoms with Crippen molar-refractivity contribution in [2.45, 2.75) is 31.5 Å². The van der Waals surface area contributed by atoms with E-state index in [1.165, 1.54) is 6.07 Å². The number of anilines is 1. The Morgan fingerprint density at radius 2 is 2.10 bits per heavy atom. The van der Waals surface area contributed by atoms with E-state index in [0.29, 0.717) is 18.2 Å². The zero-order valence-electron chi connectivity index (χ0n) is 11.8. The summed E-state index contributed by atoms with van der Waals surface area (Å²) in [7, 11) is 1.82. The summed E-state index contributed by atoms with van der Waals surface area (Å²) in [4.78, 5) is 1.91. The van der Waals surface area contributed by atoms with Crippen molar-refractivity contribution in [2.24, 2.45) is 11.7 Å². The molecular weight excluding hydrogens is 279 g/mol. The average molecular weight is 297 g/mol. The molecule has 2 N–H and O–H groups in total. The third kappa shape index (κ3) is 3.13. The number of hydrogen-bond acceptors (Lipinski definition) is 3. The van der Waals surface area contributed by atoms with Crippen molar-refractivity contribution in [3.8, 4) is 6.07 Å². The monoisotopic (exact) mass is 297 g/mol. The predicted molar refractivity (Wildman–Crippen MR) is 74.7 cm³/mol. The van der Waals surface area contributed by atoms with Gasteiger partial charge in [-0.1, -0.05) is 6.42 Å². The van der Waals surface area contributed by atoms with Gasteiger partial charge in [-0.15, -0.1) is 0 Å². The number of hydrogen-bond donors (Lipinski definition) is 1. The number of nitriles is 1. The number of alkyl halides is 3. The fourth-order valence-corrected chi connectivity index (χ4v) is 3.09. The first-order valence-corrected chi connectivity index (χ1v) is 6.92. The Hall–Kier alpha value is -1.74. The first-order chi connectivity index (χ1) is 9.88. The minimum absolute atomic E-state index is 0.0509. The van der Waals surface area contributed by atoms with Gasteiger partial charge < -0.3 is 10.6 Å². The van der Waals surface area contributed by atoms with Crippen molar-refractivity contribution < 1.29 is 13.2 Å². The van der Waals surface area contributed by atoms with Gasteiger partial charge in [0.25, 0.3) is 0 Å². The van der Waals surface area contributed by atoms with Gasteiger partial charge in [-0.25, -0.2) is 0 Å². The predicted octanol–water partition coefficient (Wildman–Crippen LogP) is 3.14. The van der Waals surface area contributed by atoms with E-state index in [2.05, 4.69) is 0 Å². The van der Waals surface area contributed by atoms with Crippen LogP contribution < -0.4 is 10.6 Å². The van der Waals surface area contributed by atoms with Crippen LogP contribution in [0.5, 0.6) is 0 Å². The van der Waals surface area contributed by atoms with Gasteiger partial charge in [-0.3, -0.25) is 0 Å². The Kier molecular flexibility index (Phi) is 4.43.